The fourth-order valence-electron chi connectivity index (χ4n) is 2.09. The molecule has 92 valence electrons. The van der Waals surface area contributed by atoms with Crippen LogP contribution in [0.15, 0.2) is 22.7 Å². The van der Waals surface area contributed by atoms with Crippen molar-refractivity contribution >= 4 is 33.4 Å². The zero-order valence-electron chi connectivity index (χ0n) is 9.75. The van der Waals surface area contributed by atoms with E-state index in [9.17, 15) is 4.79 Å². The van der Waals surface area contributed by atoms with E-state index >= 15 is 0 Å². The molecule has 1 heterocycles. The largest absolute Gasteiger partial charge is 0.337 e. The van der Waals surface area contributed by atoms with Crippen molar-refractivity contribution in [1.29, 1.82) is 0 Å². The molecule has 0 bridgehead atoms. The third-order valence-corrected chi connectivity index (χ3v) is 4.48. The van der Waals surface area contributed by atoms with Crippen LogP contribution in [0.4, 0.5) is 0 Å². The number of alkyl halides is 1. The van der Waals surface area contributed by atoms with Gasteiger partial charge in [-0.15, -0.1) is 11.6 Å². The average Bonchev–Trinajstić information content (AvgIpc) is 2.32. The number of rotatable bonds is 1. The second-order valence-electron chi connectivity index (χ2n) is 4.43. The summed E-state index contributed by atoms with van der Waals surface area (Å²) in [5.74, 6) is 0.0749. The van der Waals surface area contributed by atoms with Crippen LogP contribution < -0.4 is 0 Å². The summed E-state index contributed by atoms with van der Waals surface area (Å²) in [5.41, 5.74) is 1.81. The van der Waals surface area contributed by atoms with Crippen molar-refractivity contribution in [3.05, 3.63) is 33.8 Å². The molecule has 1 unspecified atom stereocenters. The lowest BCUT2D eigenvalue weighted by Crippen LogP contribution is -2.40. The molecular weight excluding hydrogens is 302 g/mol. The topological polar surface area (TPSA) is 20.3 Å². The van der Waals surface area contributed by atoms with Crippen molar-refractivity contribution in [2.75, 3.05) is 13.1 Å². The van der Waals surface area contributed by atoms with Crippen LogP contribution in [0.1, 0.15) is 28.8 Å². The lowest BCUT2D eigenvalue weighted by molar-refractivity contribution is 0.0726. The minimum atomic E-state index is 0.0749. The van der Waals surface area contributed by atoms with Crippen LogP contribution in [0, 0.1) is 6.92 Å². The smallest absolute Gasteiger partial charge is 0.255 e. The zero-order chi connectivity index (χ0) is 12.4. The molecule has 1 fully saturated rings. The van der Waals surface area contributed by atoms with Crippen molar-refractivity contribution in [1.82, 2.24) is 4.90 Å². The molecule has 4 heteroatoms. The van der Waals surface area contributed by atoms with Gasteiger partial charge in [0.25, 0.3) is 5.91 Å². The zero-order valence-corrected chi connectivity index (χ0v) is 12.1. The molecule has 1 aromatic carbocycles. The molecule has 0 N–H and O–H groups in total. The van der Waals surface area contributed by atoms with Crippen LogP contribution in [-0.4, -0.2) is 29.3 Å². The van der Waals surface area contributed by atoms with Crippen LogP contribution in [-0.2, 0) is 0 Å². The van der Waals surface area contributed by atoms with E-state index in [0.29, 0.717) is 6.54 Å². The van der Waals surface area contributed by atoms with Gasteiger partial charge in [-0.05, 0) is 47.3 Å². The normalized spacial score (nSPS) is 20.4. The van der Waals surface area contributed by atoms with E-state index in [-0.39, 0.29) is 11.3 Å². The first-order valence-corrected chi connectivity index (χ1v) is 7.01. The maximum atomic E-state index is 12.4. The number of carbonyl (C=O) groups is 1. The molecule has 0 saturated carbocycles. The Morgan fingerprint density at radius 1 is 1.53 bits per heavy atom. The van der Waals surface area contributed by atoms with E-state index in [1.165, 1.54) is 0 Å². The first-order chi connectivity index (χ1) is 8.09. The van der Waals surface area contributed by atoms with Crippen LogP contribution in [0.25, 0.3) is 0 Å². The number of benzene rings is 1. The molecule has 1 amide bonds. The standard InChI is InChI=1S/C13H15BrClNO/c1-9-4-2-6-11(12(9)14)13(17)16-7-3-5-10(15)8-16/h2,4,6,10H,3,5,7-8H2,1H3. The van der Waals surface area contributed by atoms with E-state index < -0.39 is 0 Å². The summed E-state index contributed by atoms with van der Waals surface area (Å²) >= 11 is 9.59. The summed E-state index contributed by atoms with van der Waals surface area (Å²) < 4.78 is 0.890. The van der Waals surface area contributed by atoms with Gasteiger partial charge >= 0.3 is 0 Å². The predicted molar refractivity (Wildman–Crippen MR) is 73.7 cm³/mol. The van der Waals surface area contributed by atoms with Crippen molar-refractivity contribution in [3.8, 4) is 0 Å². The summed E-state index contributed by atoms with van der Waals surface area (Å²) in [4.78, 5) is 14.2. The van der Waals surface area contributed by atoms with Gasteiger partial charge < -0.3 is 4.90 Å². The number of carbonyl (C=O) groups excluding carboxylic acids is 1. The Labute approximate surface area is 115 Å². The Kier molecular flexibility index (Phi) is 4.10. The molecular formula is C13H15BrClNO. The molecule has 2 nitrogen and oxygen atoms in total. The highest BCUT2D eigenvalue weighted by Crippen LogP contribution is 2.24. The second-order valence-corrected chi connectivity index (χ2v) is 5.84. The number of likely N-dealkylation sites (tertiary alicyclic amines) is 1. The quantitative estimate of drug-likeness (QED) is 0.725. The third kappa shape index (κ3) is 2.83. The Hall–Kier alpha value is -0.540. The molecule has 1 aliphatic rings. The monoisotopic (exact) mass is 315 g/mol. The maximum absolute atomic E-state index is 12.4. The molecule has 0 spiro atoms. The molecule has 2 rings (SSSR count). The predicted octanol–water partition coefficient (Wildman–Crippen LogP) is 3.60. The number of hydrogen-bond acceptors (Lipinski definition) is 1. The molecule has 0 radical (unpaired) electrons. The van der Waals surface area contributed by atoms with E-state index in [1.54, 1.807) is 0 Å². The van der Waals surface area contributed by atoms with E-state index in [4.69, 9.17) is 11.6 Å². The van der Waals surface area contributed by atoms with Crippen molar-refractivity contribution < 1.29 is 4.79 Å². The van der Waals surface area contributed by atoms with Gasteiger partial charge in [0, 0.05) is 17.6 Å². The van der Waals surface area contributed by atoms with E-state index in [2.05, 4.69) is 15.9 Å². The summed E-state index contributed by atoms with van der Waals surface area (Å²) in [7, 11) is 0. The number of aryl methyl sites for hydroxylation is 1. The maximum Gasteiger partial charge on any atom is 0.255 e. The molecule has 1 atom stereocenters. The molecule has 0 aliphatic carbocycles. The Morgan fingerprint density at radius 2 is 2.29 bits per heavy atom. The van der Waals surface area contributed by atoms with E-state index in [1.807, 2.05) is 30.0 Å². The molecule has 0 aromatic heterocycles. The molecule has 17 heavy (non-hydrogen) atoms. The first kappa shape index (κ1) is 12.9. The minimum absolute atomic E-state index is 0.0749. The van der Waals surface area contributed by atoms with Crippen molar-refractivity contribution in [2.24, 2.45) is 0 Å². The lowest BCUT2D eigenvalue weighted by atomic mass is 10.1. The van der Waals surface area contributed by atoms with Gasteiger partial charge in [-0.3, -0.25) is 4.79 Å². The number of hydrogen-bond donors (Lipinski definition) is 0. The Balaban J connectivity index is 2.22. The minimum Gasteiger partial charge on any atom is -0.337 e. The van der Waals surface area contributed by atoms with Gasteiger partial charge in [0.05, 0.1) is 10.9 Å². The summed E-state index contributed by atoms with van der Waals surface area (Å²) in [5, 5.41) is 0.0938. The highest BCUT2D eigenvalue weighted by Gasteiger charge is 2.24. The summed E-state index contributed by atoms with van der Waals surface area (Å²) in [6, 6.07) is 5.76. The van der Waals surface area contributed by atoms with E-state index in [0.717, 1.165) is 35.0 Å². The van der Waals surface area contributed by atoms with Gasteiger partial charge in [0.1, 0.15) is 0 Å². The summed E-state index contributed by atoms with van der Waals surface area (Å²) in [6.45, 7) is 3.45. The van der Waals surface area contributed by atoms with Crippen LogP contribution >= 0.6 is 27.5 Å². The number of amides is 1. The van der Waals surface area contributed by atoms with Gasteiger partial charge in [0.15, 0.2) is 0 Å². The number of nitrogens with zero attached hydrogens (tertiary/aromatic N) is 1. The van der Waals surface area contributed by atoms with Crippen LogP contribution in [0.3, 0.4) is 0 Å². The summed E-state index contributed by atoms with van der Waals surface area (Å²) in [6.07, 6.45) is 1.99. The number of piperidine rings is 1. The highest BCUT2D eigenvalue weighted by molar-refractivity contribution is 9.10. The number of halogens is 2. The van der Waals surface area contributed by atoms with Crippen molar-refractivity contribution in [3.63, 3.8) is 0 Å². The fourth-order valence-corrected chi connectivity index (χ4v) is 2.85. The van der Waals surface area contributed by atoms with Crippen LogP contribution in [0.2, 0.25) is 0 Å². The van der Waals surface area contributed by atoms with Gasteiger partial charge in [-0.2, -0.15) is 0 Å². The lowest BCUT2D eigenvalue weighted by Gasteiger charge is -2.30. The highest BCUT2D eigenvalue weighted by atomic mass is 79.9. The second kappa shape index (κ2) is 5.40. The van der Waals surface area contributed by atoms with Gasteiger partial charge in [-0.1, -0.05) is 12.1 Å². The third-order valence-electron chi connectivity index (χ3n) is 3.07. The molecule has 1 aliphatic heterocycles. The van der Waals surface area contributed by atoms with Gasteiger partial charge in [0.2, 0.25) is 0 Å². The van der Waals surface area contributed by atoms with Crippen LogP contribution in [0.5, 0.6) is 0 Å². The SMILES string of the molecule is Cc1cccc(C(=O)N2CCCC(Cl)C2)c1Br. The fraction of sp³-hybridized carbons (Fsp3) is 0.462. The molecule has 1 aromatic rings. The Morgan fingerprint density at radius 3 is 3.00 bits per heavy atom. The Bertz CT molecular complexity index is 435. The average molecular weight is 317 g/mol. The first-order valence-electron chi connectivity index (χ1n) is 5.78. The molecule has 1 saturated heterocycles. The van der Waals surface area contributed by atoms with Gasteiger partial charge in [-0.25, -0.2) is 0 Å². The van der Waals surface area contributed by atoms with Crippen molar-refractivity contribution in [2.45, 2.75) is 25.1 Å².